The number of rotatable bonds is 7. The van der Waals surface area contributed by atoms with Crippen LogP contribution in [-0.4, -0.2) is 24.0 Å². The van der Waals surface area contributed by atoms with Crippen molar-refractivity contribution in [2.75, 3.05) is 7.11 Å². The summed E-state index contributed by atoms with van der Waals surface area (Å²) in [5, 5.41) is 8.77. The molecule has 1 aromatic carbocycles. The minimum atomic E-state index is -0.773. The van der Waals surface area contributed by atoms with Gasteiger partial charge >= 0.3 is 5.97 Å². The molecular formula is C18H24O4. The lowest BCUT2D eigenvalue weighted by Crippen LogP contribution is -2.38. The van der Waals surface area contributed by atoms with Crippen molar-refractivity contribution in [1.29, 1.82) is 0 Å². The predicted octanol–water partition coefficient (Wildman–Crippen LogP) is 3.72. The zero-order valence-electron chi connectivity index (χ0n) is 13.1. The minimum absolute atomic E-state index is 0.169. The van der Waals surface area contributed by atoms with Gasteiger partial charge < -0.3 is 9.84 Å². The molecule has 0 aliphatic heterocycles. The maximum Gasteiger partial charge on any atom is 0.303 e. The number of carboxylic acids is 1. The molecule has 1 unspecified atom stereocenters. The second kappa shape index (κ2) is 7.43. The van der Waals surface area contributed by atoms with Gasteiger partial charge in [0.1, 0.15) is 11.5 Å². The van der Waals surface area contributed by atoms with Crippen LogP contribution in [0.2, 0.25) is 0 Å². The first-order valence-corrected chi connectivity index (χ1v) is 7.98. The van der Waals surface area contributed by atoms with E-state index in [2.05, 4.69) is 0 Å². The number of carbonyl (C=O) groups excluding carboxylic acids is 1. The van der Waals surface area contributed by atoms with Crippen molar-refractivity contribution in [3.8, 4) is 5.75 Å². The van der Waals surface area contributed by atoms with Crippen LogP contribution in [0.5, 0.6) is 5.75 Å². The molecule has 120 valence electrons. The van der Waals surface area contributed by atoms with E-state index in [1.807, 2.05) is 24.3 Å². The molecule has 1 N–H and O–H groups in total. The van der Waals surface area contributed by atoms with Crippen LogP contribution < -0.4 is 4.74 Å². The normalized spacial score (nSPS) is 21.6. The summed E-state index contributed by atoms with van der Waals surface area (Å²) in [6, 6.07) is 7.77. The van der Waals surface area contributed by atoms with Gasteiger partial charge in [-0.3, -0.25) is 9.59 Å². The van der Waals surface area contributed by atoms with Crippen molar-refractivity contribution in [1.82, 2.24) is 0 Å². The van der Waals surface area contributed by atoms with E-state index in [9.17, 15) is 9.59 Å². The molecule has 1 saturated carbocycles. The van der Waals surface area contributed by atoms with E-state index >= 15 is 0 Å². The molecule has 0 radical (unpaired) electrons. The summed E-state index contributed by atoms with van der Waals surface area (Å²) in [6.07, 6.45) is 5.75. The Labute approximate surface area is 131 Å². The zero-order chi connectivity index (χ0) is 16.0. The second-order valence-corrected chi connectivity index (χ2v) is 6.05. The molecule has 1 aromatic rings. The van der Waals surface area contributed by atoms with Crippen LogP contribution in [0.15, 0.2) is 24.3 Å². The number of ketones is 1. The van der Waals surface area contributed by atoms with Gasteiger partial charge in [0, 0.05) is 12.8 Å². The van der Waals surface area contributed by atoms with Crippen LogP contribution >= 0.6 is 0 Å². The molecule has 22 heavy (non-hydrogen) atoms. The fourth-order valence-electron chi connectivity index (χ4n) is 3.43. The van der Waals surface area contributed by atoms with E-state index in [4.69, 9.17) is 9.84 Å². The lowest BCUT2D eigenvalue weighted by molar-refractivity contribution is -0.137. The van der Waals surface area contributed by atoms with Crippen LogP contribution in [0.1, 0.15) is 56.9 Å². The van der Waals surface area contributed by atoms with Crippen molar-refractivity contribution >= 4 is 11.8 Å². The van der Waals surface area contributed by atoms with E-state index in [0.717, 1.165) is 43.4 Å². The topological polar surface area (TPSA) is 63.6 Å². The average molecular weight is 304 g/mol. The fraction of sp³-hybridized carbons (Fsp3) is 0.556. The molecule has 2 rings (SSSR count). The van der Waals surface area contributed by atoms with Gasteiger partial charge in [-0.1, -0.05) is 25.0 Å². The summed E-state index contributed by atoms with van der Waals surface area (Å²) >= 11 is 0. The molecule has 0 amide bonds. The second-order valence-electron chi connectivity index (χ2n) is 6.05. The van der Waals surface area contributed by atoms with Crippen LogP contribution in [-0.2, 0) is 15.0 Å². The van der Waals surface area contributed by atoms with Gasteiger partial charge in [-0.05, 0) is 43.4 Å². The van der Waals surface area contributed by atoms with Crippen molar-refractivity contribution < 1.29 is 19.4 Å². The summed E-state index contributed by atoms with van der Waals surface area (Å²) in [5.41, 5.74) is 0.567. The number of carboxylic acid groups (broad SMARTS) is 1. The number of Topliss-reactive ketones (excluding diaryl/α,β-unsaturated/α-hetero) is 1. The Morgan fingerprint density at radius 2 is 2.14 bits per heavy atom. The Kier molecular flexibility index (Phi) is 5.58. The number of aliphatic carboxylic acids is 1. The molecule has 0 aromatic heterocycles. The standard InChI is InChI=1S/C18H24O4/c1-22-15-8-6-7-14(13-15)18(11-4-2-9-16(18)19)12-5-3-10-17(20)21/h6-8,13H,2-5,9-12H2,1H3,(H,20,21). The Balaban J connectivity index is 2.21. The molecular weight excluding hydrogens is 280 g/mol. The van der Waals surface area contributed by atoms with Crippen LogP contribution in [0.25, 0.3) is 0 Å². The summed E-state index contributed by atoms with van der Waals surface area (Å²) < 4.78 is 5.29. The number of ether oxygens (including phenoxy) is 1. The number of hydrogen-bond acceptors (Lipinski definition) is 3. The molecule has 1 fully saturated rings. The highest BCUT2D eigenvalue weighted by Crippen LogP contribution is 2.42. The Bertz CT molecular complexity index is 538. The van der Waals surface area contributed by atoms with Crippen LogP contribution in [0.4, 0.5) is 0 Å². The summed E-state index contributed by atoms with van der Waals surface area (Å²) in [7, 11) is 1.63. The quantitative estimate of drug-likeness (QED) is 0.780. The van der Waals surface area contributed by atoms with Gasteiger partial charge in [-0.15, -0.1) is 0 Å². The Hall–Kier alpha value is -1.84. The monoisotopic (exact) mass is 304 g/mol. The first kappa shape index (κ1) is 16.5. The minimum Gasteiger partial charge on any atom is -0.497 e. The molecule has 1 aliphatic rings. The molecule has 4 heteroatoms. The largest absolute Gasteiger partial charge is 0.497 e. The number of benzene rings is 1. The first-order chi connectivity index (χ1) is 10.6. The highest BCUT2D eigenvalue weighted by Gasteiger charge is 2.40. The third-order valence-electron chi connectivity index (χ3n) is 4.66. The maximum absolute atomic E-state index is 12.7. The summed E-state index contributed by atoms with van der Waals surface area (Å²) in [5.74, 6) is 0.286. The third-order valence-corrected chi connectivity index (χ3v) is 4.66. The van der Waals surface area contributed by atoms with Gasteiger partial charge in [0.25, 0.3) is 0 Å². The number of hydrogen-bond donors (Lipinski definition) is 1. The predicted molar refractivity (Wildman–Crippen MR) is 84.3 cm³/mol. The molecule has 4 nitrogen and oxygen atoms in total. The van der Waals surface area contributed by atoms with E-state index in [1.165, 1.54) is 0 Å². The number of carbonyl (C=O) groups is 2. The van der Waals surface area contributed by atoms with Crippen molar-refractivity contribution in [2.45, 2.75) is 56.8 Å². The molecule has 0 saturated heterocycles. The van der Waals surface area contributed by atoms with E-state index in [1.54, 1.807) is 7.11 Å². The highest BCUT2D eigenvalue weighted by atomic mass is 16.5. The summed E-state index contributed by atoms with van der Waals surface area (Å²) in [6.45, 7) is 0. The first-order valence-electron chi connectivity index (χ1n) is 7.98. The van der Waals surface area contributed by atoms with Gasteiger partial charge in [0.15, 0.2) is 0 Å². The van der Waals surface area contributed by atoms with E-state index in [-0.39, 0.29) is 6.42 Å². The lowest BCUT2D eigenvalue weighted by atomic mass is 9.65. The molecule has 1 aliphatic carbocycles. The van der Waals surface area contributed by atoms with Crippen molar-refractivity contribution in [3.05, 3.63) is 29.8 Å². The zero-order valence-corrected chi connectivity index (χ0v) is 13.1. The molecule has 0 bridgehead atoms. The smallest absolute Gasteiger partial charge is 0.303 e. The lowest BCUT2D eigenvalue weighted by Gasteiger charge is -2.36. The Morgan fingerprint density at radius 3 is 2.82 bits per heavy atom. The van der Waals surface area contributed by atoms with Gasteiger partial charge in [0.05, 0.1) is 12.5 Å². The Morgan fingerprint density at radius 1 is 1.32 bits per heavy atom. The van der Waals surface area contributed by atoms with Gasteiger partial charge in [-0.25, -0.2) is 0 Å². The SMILES string of the molecule is COc1cccc(C2(CCCCC(=O)O)CCCCC2=O)c1. The van der Waals surface area contributed by atoms with Crippen molar-refractivity contribution in [3.63, 3.8) is 0 Å². The van der Waals surface area contributed by atoms with Gasteiger partial charge in [0.2, 0.25) is 0 Å². The maximum atomic E-state index is 12.7. The van der Waals surface area contributed by atoms with Gasteiger partial charge in [-0.2, -0.15) is 0 Å². The average Bonchev–Trinajstić information content (AvgIpc) is 2.53. The summed E-state index contributed by atoms with van der Waals surface area (Å²) in [4.78, 5) is 23.4. The molecule has 1 atom stereocenters. The highest BCUT2D eigenvalue weighted by molar-refractivity contribution is 5.91. The number of methoxy groups -OCH3 is 1. The van der Waals surface area contributed by atoms with E-state index < -0.39 is 11.4 Å². The van der Waals surface area contributed by atoms with E-state index in [0.29, 0.717) is 18.6 Å². The molecule has 0 spiro atoms. The van der Waals surface area contributed by atoms with Crippen LogP contribution in [0, 0.1) is 0 Å². The number of unbranched alkanes of at least 4 members (excludes halogenated alkanes) is 1. The third kappa shape index (κ3) is 3.67. The molecule has 0 heterocycles. The fourth-order valence-corrected chi connectivity index (χ4v) is 3.43. The van der Waals surface area contributed by atoms with Crippen molar-refractivity contribution in [2.24, 2.45) is 0 Å². The van der Waals surface area contributed by atoms with Crippen LogP contribution in [0.3, 0.4) is 0 Å².